The summed E-state index contributed by atoms with van der Waals surface area (Å²) in [7, 11) is 0. The number of aromatic nitrogens is 1. The van der Waals surface area contributed by atoms with Crippen LogP contribution in [0.3, 0.4) is 0 Å². The minimum absolute atomic E-state index is 0.421. The van der Waals surface area contributed by atoms with E-state index in [1.165, 1.54) is 32.1 Å². The average molecular weight is 411 g/mol. The highest BCUT2D eigenvalue weighted by Crippen LogP contribution is 2.47. The average Bonchev–Trinajstić information content (AvgIpc) is 2.59. The summed E-state index contributed by atoms with van der Waals surface area (Å²) in [6, 6.07) is 0. The summed E-state index contributed by atoms with van der Waals surface area (Å²) in [6.45, 7) is 5.49. The van der Waals surface area contributed by atoms with Crippen LogP contribution in [0.25, 0.3) is 0 Å². The van der Waals surface area contributed by atoms with Gasteiger partial charge in [0.1, 0.15) is 0 Å². The monoisotopic (exact) mass is 410 g/mol. The fourth-order valence-corrected chi connectivity index (χ4v) is 5.14. The molecule has 1 atom stereocenters. The Kier molecular flexibility index (Phi) is 5.40. The molecule has 5 nitrogen and oxygen atoms in total. The molecular formula is C19H27BrN2O3. The van der Waals surface area contributed by atoms with Crippen molar-refractivity contribution in [2.45, 2.75) is 64.9 Å². The van der Waals surface area contributed by atoms with Crippen molar-refractivity contribution < 1.29 is 15.0 Å². The Bertz CT molecular complexity index is 661. The summed E-state index contributed by atoms with van der Waals surface area (Å²) in [5.74, 6) is -1.23. The standard InChI is InChI=1S/C19H27BrN2O3/c1-12-14(17(23)18(24)25)16(15(20)13(2)21-12)22-10-8-19(9-11-22)6-4-3-5-7-19/h17,23H,3-11H2,1-2H3,(H,24,25). The molecular weight excluding hydrogens is 384 g/mol. The summed E-state index contributed by atoms with van der Waals surface area (Å²) in [5.41, 5.74) is 3.12. The molecule has 1 aliphatic heterocycles. The van der Waals surface area contributed by atoms with Crippen LogP contribution in [-0.2, 0) is 4.79 Å². The van der Waals surface area contributed by atoms with Gasteiger partial charge in [-0.1, -0.05) is 19.3 Å². The summed E-state index contributed by atoms with van der Waals surface area (Å²) < 4.78 is 0.799. The molecule has 2 aliphatic rings. The fourth-order valence-electron chi connectivity index (χ4n) is 4.59. The van der Waals surface area contributed by atoms with E-state index in [1.54, 1.807) is 6.92 Å². The van der Waals surface area contributed by atoms with Crippen molar-refractivity contribution in [3.63, 3.8) is 0 Å². The van der Waals surface area contributed by atoms with Crippen molar-refractivity contribution in [2.75, 3.05) is 18.0 Å². The lowest BCUT2D eigenvalue weighted by atomic mass is 9.68. The van der Waals surface area contributed by atoms with Crippen LogP contribution in [0, 0.1) is 19.3 Å². The molecule has 2 heterocycles. The van der Waals surface area contributed by atoms with Gasteiger partial charge in [0.05, 0.1) is 15.9 Å². The Hall–Kier alpha value is -1.14. The van der Waals surface area contributed by atoms with Crippen LogP contribution in [0.4, 0.5) is 5.69 Å². The smallest absolute Gasteiger partial charge is 0.337 e. The molecule has 1 saturated carbocycles. The van der Waals surface area contributed by atoms with Gasteiger partial charge in [-0.15, -0.1) is 0 Å². The van der Waals surface area contributed by atoms with Gasteiger partial charge in [0.2, 0.25) is 0 Å². The van der Waals surface area contributed by atoms with E-state index in [4.69, 9.17) is 0 Å². The second kappa shape index (κ2) is 7.23. The van der Waals surface area contributed by atoms with Crippen LogP contribution in [0.5, 0.6) is 0 Å². The number of hydrogen-bond acceptors (Lipinski definition) is 4. The zero-order valence-corrected chi connectivity index (χ0v) is 16.6. The van der Waals surface area contributed by atoms with Gasteiger partial charge in [0, 0.05) is 24.3 Å². The minimum Gasteiger partial charge on any atom is -0.479 e. The van der Waals surface area contributed by atoms with Crippen LogP contribution in [-0.4, -0.2) is 34.3 Å². The van der Waals surface area contributed by atoms with E-state index in [-0.39, 0.29) is 0 Å². The third-order valence-corrected chi connectivity index (χ3v) is 7.02. The zero-order valence-electron chi connectivity index (χ0n) is 15.0. The number of rotatable bonds is 3. The first-order valence-corrected chi connectivity index (χ1v) is 9.96. The number of aliphatic carboxylic acids is 1. The number of piperidine rings is 1. The van der Waals surface area contributed by atoms with E-state index in [0.717, 1.165) is 41.8 Å². The van der Waals surface area contributed by atoms with Crippen molar-refractivity contribution in [1.29, 1.82) is 0 Å². The number of carboxylic acid groups (broad SMARTS) is 1. The van der Waals surface area contributed by atoms with Gasteiger partial charge in [0.25, 0.3) is 0 Å². The van der Waals surface area contributed by atoms with Crippen molar-refractivity contribution in [3.05, 3.63) is 21.4 Å². The molecule has 6 heteroatoms. The van der Waals surface area contributed by atoms with Gasteiger partial charge in [-0.3, -0.25) is 4.98 Å². The van der Waals surface area contributed by atoms with E-state index >= 15 is 0 Å². The maximum atomic E-state index is 11.4. The Morgan fingerprint density at radius 1 is 1.12 bits per heavy atom. The number of carboxylic acids is 1. The second-order valence-corrected chi connectivity index (χ2v) is 8.44. The molecule has 3 rings (SSSR count). The van der Waals surface area contributed by atoms with Crippen molar-refractivity contribution in [3.8, 4) is 0 Å². The molecule has 0 radical (unpaired) electrons. The summed E-state index contributed by atoms with van der Waals surface area (Å²) in [5, 5.41) is 19.6. The number of aliphatic hydroxyl groups excluding tert-OH is 1. The van der Waals surface area contributed by atoms with E-state index in [1.807, 2.05) is 6.92 Å². The van der Waals surface area contributed by atoms with Crippen molar-refractivity contribution in [2.24, 2.45) is 5.41 Å². The first-order valence-electron chi connectivity index (χ1n) is 9.17. The Morgan fingerprint density at radius 2 is 1.72 bits per heavy atom. The molecule has 0 aromatic carbocycles. The summed E-state index contributed by atoms with van der Waals surface area (Å²) in [4.78, 5) is 18.1. The number of halogens is 1. The highest BCUT2D eigenvalue weighted by atomic mass is 79.9. The third kappa shape index (κ3) is 3.56. The first kappa shape index (κ1) is 18.6. The molecule has 25 heavy (non-hydrogen) atoms. The predicted octanol–water partition coefficient (Wildman–Crippen LogP) is 4.13. The molecule has 2 fully saturated rings. The molecule has 0 bridgehead atoms. The molecule has 138 valence electrons. The number of aliphatic hydroxyl groups is 1. The topological polar surface area (TPSA) is 73.7 Å². The summed E-state index contributed by atoms with van der Waals surface area (Å²) >= 11 is 3.60. The molecule has 1 unspecified atom stereocenters. The lowest BCUT2D eigenvalue weighted by Crippen LogP contribution is -2.42. The Morgan fingerprint density at radius 3 is 2.28 bits per heavy atom. The normalized spacial score (nSPS) is 21.4. The molecule has 1 saturated heterocycles. The van der Waals surface area contributed by atoms with Gasteiger partial charge in [-0.05, 0) is 60.9 Å². The van der Waals surface area contributed by atoms with Gasteiger partial charge in [0.15, 0.2) is 6.10 Å². The molecule has 1 aromatic rings. The number of aryl methyl sites for hydroxylation is 2. The number of anilines is 1. The number of pyridine rings is 1. The largest absolute Gasteiger partial charge is 0.479 e. The zero-order chi connectivity index (χ0) is 18.2. The minimum atomic E-state index is -1.55. The first-order chi connectivity index (χ1) is 11.8. The lowest BCUT2D eigenvalue weighted by Gasteiger charge is -2.45. The number of carbonyl (C=O) groups is 1. The SMILES string of the molecule is Cc1nc(C)c(C(O)C(=O)O)c(N2CCC3(CCCCC3)CC2)c1Br. The van der Waals surface area contributed by atoms with Gasteiger partial charge in [-0.25, -0.2) is 4.79 Å². The maximum absolute atomic E-state index is 11.4. The van der Waals surface area contributed by atoms with E-state index in [0.29, 0.717) is 16.7 Å². The quantitative estimate of drug-likeness (QED) is 0.783. The van der Waals surface area contributed by atoms with Crippen LogP contribution >= 0.6 is 15.9 Å². The maximum Gasteiger partial charge on any atom is 0.337 e. The number of hydrogen-bond donors (Lipinski definition) is 2. The predicted molar refractivity (Wildman–Crippen MR) is 101 cm³/mol. The van der Waals surface area contributed by atoms with Gasteiger partial charge < -0.3 is 15.1 Å². The van der Waals surface area contributed by atoms with Crippen molar-refractivity contribution in [1.82, 2.24) is 4.98 Å². The Labute approximate surface area is 157 Å². The Balaban J connectivity index is 1.93. The van der Waals surface area contributed by atoms with Crippen LogP contribution in [0.15, 0.2) is 4.47 Å². The third-order valence-electron chi connectivity index (χ3n) is 6.07. The van der Waals surface area contributed by atoms with Crippen LogP contribution in [0.1, 0.15) is 68.0 Å². The van der Waals surface area contributed by atoms with E-state index in [2.05, 4.69) is 25.8 Å². The lowest BCUT2D eigenvalue weighted by molar-refractivity contribution is -0.147. The molecule has 2 N–H and O–H groups in total. The van der Waals surface area contributed by atoms with Crippen molar-refractivity contribution >= 4 is 27.6 Å². The molecule has 1 spiro atoms. The summed E-state index contributed by atoms with van der Waals surface area (Å²) in [6.07, 6.45) is 7.40. The van der Waals surface area contributed by atoms with E-state index < -0.39 is 12.1 Å². The molecule has 1 aliphatic carbocycles. The second-order valence-electron chi connectivity index (χ2n) is 7.65. The van der Waals surface area contributed by atoms with Gasteiger partial charge in [-0.2, -0.15) is 0 Å². The van der Waals surface area contributed by atoms with Crippen LogP contribution in [0.2, 0.25) is 0 Å². The molecule has 0 amide bonds. The highest BCUT2D eigenvalue weighted by molar-refractivity contribution is 9.10. The molecule has 1 aromatic heterocycles. The van der Waals surface area contributed by atoms with Gasteiger partial charge >= 0.3 is 5.97 Å². The highest BCUT2D eigenvalue weighted by Gasteiger charge is 2.37. The van der Waals surface area contributed by atoms with E-state index in [9.17, 15) is 15.0 Å². The number of nitrogens with zero attached hydrogens (tertiary/aromatic N) is 2. The fraction of sp³-hybridized carbons (Fsp3) is 0.684. The van der Waals surface area contributed by atoms with Crippen LogP contribution < -0.4 is 4.90 Å².